The van der Waals surface area contributed by atoms with Crippen LogP contribution in [-0.4, -0.2) is 40.3 Å². The molecule has 1 saturated carbocycles. The van der Waals surface area contributed by atoms with Gasteiger partial charge in [0.1, 0.15) is 0 Å². The first-order valence-corrected chi connectivity index (χ1v) is 6.09. The first kappa shape index (κ1) is 19.3. The Labute approximate surface area is 118 Å². The van der Waals surface area contributed by atoms with E-state index in [9.17, 15) is 49.0 Å². The topological polar surface area (TPSA) is 20.2 Å². The lowest BCUT2D eigenvalue weighted by Gasteiger charge is -2.55. The van der Waals surface area contributed by atoms with Gasteiger partial charge in [-0.3, -0.25) is 0 Å². The highest BCUT2D eigenvalue weighted by Gasteiger charge is 3.00. The highest BCUT2D eigenvalue weighted by molar-refractivity contribution is 5.27. The minimum absolute atomic E-state index is 0.219. The van der Waals surface area contributed by atoms with E-state index in [1.807, 2.05) is 0 Å². The van der Waals surface area contributed by atoms with Crippen molar-refractivity contribution >= 4 is 0 Å². The Balaban J connectivity index is 3.77. The molecule has 0 aromatic carbocycles. The molecule has 1 aliphatic carbocycles. The molecular formula is C11H12F10O. The molecule has 11 heteroatoms. The molecule has 0 bridgehead atoms. The van der Waals surface area contributed by atoms with E-state index in [1.54, 1.807) is 0 Å². The first-order chi connectivity index (χ1) is 9.48. The summed E-state index contributed by atoms with van der Waals surface area (Å²) in [5.41, 5.74) is -5.34. The minimum Gasteiger partial charge on any atom is -0.378 e. The summed E-state index contributed by atoms with van der Waals surface area (Å²) in [5, 5.41) is 9.44. The molecule has 0 amide bonds. The third-order valence-electron chi connectivity index (χ3n) is 3.97. The zero-order valence-corrected chi connectivity index (χ0v) is 11.2. The molecule has 1 rings (SSSR count). The van der Waals surface area contributed by atoms with Gasteiger partial charge >= 0.3 is 29.6 Å². The number of alkyl halides is 10. The van der Waals surface area contributed by atoms with Crippen molar-refractivity contribution in [3.05, 3.63) is 0 Å². The average Bonchev–Trinajstić information content (AvgIpc) is 2.35. The summed E-state index contributed by atoms with van der Waals surface area (Å²) in [7, 11) is 0. The number of rotatable bonds is 3. The lowest BCUT2D eigenvalue weighted by atomic mass is 9.65. The Morgan fingerprint density at radius 3 is 1.23 bits per heavy atom. The van der Waals surface area contributed by atoms with E-state index in [-0.39, 0.29) is 6.42 Å². The maximum absolute atomic E-state index is 13.6. The number of aliphatic hydroxyl groups is 1. The van der Waals surface area contributed by atoms with Gasteiger partial charge in [0.15, 0.2) is 0 Å². The maximum Gasteiger partial charge on any atom is 0.384 e. The van der Waals surface area contributed by atoms with Crippen LogP contribution in [0.5, 0.6) is 0 Å². The molecule has 0 aromatic heterocycles. The van der Waals surface area contributed by atoms with Crippen LogP contribution >= 0.6 is 0 Å². The SMILES string of the molecule is CCCC(C)C1(O)C(F)(F)C(F)(F)C(F)(F)C(F)(F)C1(F)F. The fourth-order valence-electron chi connectivity index (χ4n) is 2.53. The monoisotopic (exact) mass is 350 g/mol. The Morgan fingerprint density at radius 1 is 0.682 bits per heavy atom. The predicted molar refractivity (Wildman–Crippen MR) is 53.8 cm³/mol. The zero-order chi connectivity index (χ0) is 18.0. The van der Waals surface area contributed by atoms with E-state index >= 15 is 0 Å². The summed E-state index contributed by atoms with van der Waals surface area (Å²) in [6, 6.07) is 0. The third kappa shape index (κ3) is 1.66. The van der Waals surface area contributed by atoms with E-state index in [4.69, 9.17) is 0 Å². The Bertz CT molecular complexity index is 414. The van der Waals surface area contributed by atoms with Crippen molar-refractivity contribution < 1.29 is 49.0 Å². The molecule has 1 N–H and O–H groups in total. The van der Waals surface area contributed by atoms with Gasteiger partial charge in [0, 0.05) is 0 Å². The number of hydrogen-bond acceptors (Lipinski definition) is 1. The van der Waals surface area contributed by atoms with E-state index < -0.39 is 47.6 Å². The molecule has 0 aromatic rings. The van der Waals surface area contributed by atoms with Gasteiger partial charge in [0.2, 0.25) is 5.60 Å². The van der Waals surface area contributed by atoms with Gasteiger partial charge in [0.05, 0.1) is 0 Å². The van der Waals surface area contributed by atoms with Crippen LogP contribution in [0.2, 0.25) is 0 Å². The predicted octanol–water partition coefficient (Wildman–Crippen LogP) is 4.34. The van der Waals surface area contributed by atoms with Crippen molar-refractivity contribution in [1.82, 2.24) is 0 Å². The molecule has 0 spiro atoms. The van der Waals surface area contributed by atoms with Crippen molar-refractivity contribution in [3.8, 4) is 0 Å². The van der Waals surface area contributed by atoms with E-state index in [0.717, 1.165) is 0 Å². The second-order valence-corrected chi connectivity index (χ2v) is 5.33. The first-order valence-electron chi connectivity index (χ1n) is 6.09. The second kappa shape index (κ2) is 4.64. The zero-order valence-electron chi connectivity index (χ0n) is 11.2. The van der Waals surface area contributed by atoms with Crippen LogP contribution in [0.15, 0.2) is 0 Å². The molecule has 0 heterocycles. The second-order valence-electron chi connectivity index (χ2n) is 5.33. The van der Waals surface area contributed by atoms with Crippen LogP contribution in [0.25, 0.3) is 0 Å². The van der Waals surface area contributed by atoms with Crippen molar-refractivity contribution in [2.75, 3.05) is 0 Å². The van der Waals surface area contributed by atoms with Crippen molar-refractivity contribution in [1.29, 1.82) is 0 Å². The fourth-order valence-corrected chi connectivity index (χ4v) is 2.53. The third-order valence-corrected chi connectivity index (χ3v) is 3.97. The van der Waals surface area contributed by atoms with Gasteiger partial charge in [0.25, 0.3) is 0 Å². The molecule has 1 nitrogen and oxygen atoms in total. The van der Waals surface area contributed by atoms with Crippen LogP contribution in [-0.2, 0) is 0 Å². The number of halogens is 10. The molecule has 1 atom stereocenters. The standard InChI is InChI=1S/C11H12F10O/c1-3-4-5(2)6(22)7(12,13)9(16,17)11(20,21)10(18,19)8(6,14)15/h5,22H,3-4H2,1-2H3. The van der Waals surface area contributed by atoms with Gasteiger partial charge in [-0.1, -0.05) is 20.3 Å². The Morgan fingerprint density at radius 2 is 0.955 bits per heavy atom. The number of hydrogen-bond donors (Lipinski definition) is 1. The van der Waals surface area contributed by atoms with Gasteiger partial charge in [-0.25, -0.2) is 0 Å². The van der Waals surface area contributed by atoms with E-state index in [0.29, 0.717) is 6.92 Å². The fraction of sp³-hybridized carbons (Fsp3) is 1.00. The highest BCUT2D eigenvalue weighted by Crippen LogP contribution is 2.69. The molecular weight excluding hydrogens is 338 g/mol. The van der Waals surface area contributed by atoms with Crippen molar-refractivity contribution in [2.45, 2.75) is 61.9 Å². The van der Waals surface area contributed by atoms with Crippen LogP contribution in [0.3, 0.4) is 0 Å². The summed E-state index contributed by atoms with van der Waals surface area (Å²) >= 11 is 0. The summed E-state index contributed by atoms with van der Waals surface area (Å²) in [6.45, 7) is 1.60. The van der Waals surface area contributed by atoms with Gasteiger partial charge in [-0.2, -0.15) is 43.9 Å². The Hall–Kier alpha value is -0.740. The van der Waals surface area contributed by atoms with Crippen LogP contribution in [0, 0.1) is 5.92 Å². The molecule has 132 valence electrons. The molecule has 0 aliphatic heterocycles. The molecule has 22 heavy (non-hydrogen) atoms. The average molecular weight is 350 g/mol. The van der Waals surface area contributed by atoms with Crippen molar-refractivity contribution in [2.24, 2.45) is 5.92 Å². The van der Waals surface area contributed by atoms with Crippen LogP contribution < -0.4 is 0 Å². The van der Waals surface area contributed by atoms with Gasteiger partial charge in [-0.15, -0.1) is 0 Å². The Kier molecular flexibility index (Phi) is 4.07. The molecule has 0 radical (unpaired) electrons. The van der Waals surface area contributed by atoms with E-state index in [2.05, 4.69) is 0 Å². The van der Waals surface area contributed by atoms with Crippen molar-refractivity contribution in [3.63, 3.8) is 0 Å². The maximum atomic E-state index is 13.6. The molecule has 1 unspecified atom stereocenters. The summed E-state index contributed by atoms with van der Waals surface area (Å²) in [4.78, 5) is 0. The smallest absolute Gasteiger partial charge is 0.378 e. The minimum atomic E-state index is -7.05. The van der Waals surface area contributed by atoms with Crippen LogP contribution in [0.1, 0.15) is 26.7 Å². The lowest BCUT2D eigenvalue weighted by Crippen LogP contribution is -2.86. The summed E-state index contributed by atoms with van der Waals surface area (Å²) in [6.07, 6.45) is -1.01. The largest absolute Gasteiger partial charge is 0.384 e. The summed E-state index contributed by atoms with van der Waals surface area (Å²) < 4.78 is 133. The quantitative estimate of drug-likeness (QED) is 0.751. The molecule has 1 aliphatic rings. The molecule has 1 fully saturated rings. The highest BCUT2D eigenvalue weighted by atomic mass is 19.4. The van der Waals surface area contributed by atoms with Gasteiger partial charge in [-0.05, 0) is 12.3 Å². The molecule has 0 saturated heterocycles. The van der Waals surface area contributed by atoms with Gasteiger partial charge < -0.3 is 5.11 Å². The lowest BCUT2D eigenvalue weighted by molar-refractivity contribution is -0.502. The van der Waals surface area contributed by atoms with Crippen LogP contribution in [0.4, 0.5) is 43.9 Å². The normalized spacial score (nSPS) is 31.5. The van der Waals surface area contributed by atoms with E-state index in [1.165, 1.54) is 6.92 Å². The summed E-state index contributed by atoms with van der Waals surface area (Å²) in [5.74, 6) is -36.3.